The van der Waals surface area contributed by atoms with Gasteiger partial charge in [-0.25, -0.2) is 4.39 Å². The summed E-state index contributed by atoms with van der Waals surface area (Å²) in [4.78, 5) is 0. The minimum Gasteiger partial charge on any atom is -0.490 e. The highest BCUT2D eigenvalue weighted by Crippen LogP contribution is 2.29. The highest BCUT2D eigenvalue weighted by Gasteiger charge is 2.12. The van der Waals surface area contributed by atoms with Crippen LogP contribution in [0, 0.1) is 5.82 Å². The average molecular weight is 249 g/mol. The van der Waals surface area contributed by atoms with Crippen LogP contribution in [0.1, 0.15) is 12.5 Å². The number of aliphatic hydroxyl groups is 1. The molecule has 0 radical (unpaired) electrons. The van der Waals surface area contributed by atoms with Gasteiger partial charge in [0.15, 0.2) is 11.6 Å². The first-order valence-electron chi connectivity index (χ1n) is 3.91. The maximum Gasteiger partial charge on any atom is 0.179 e. The van der Waals surface area contributed by atoms with E-state index in [0.717, 1.165) is 0 Å². The first-order valence-corrected chi connectivity index (χ1v) is 4.70. The van der Waals surface area contributed by atoms with Crippen molar-refractivity contribution in [2.24, 2.45) is 0 Å². The third-order valence-electron chi connectivity index (χ3n) is 1.59. The summed E-state index contributed by atoms with van der Waals surface area (Å²) >= 11 is 3.04. The summed E-state index contributed by atoms with van der Waals surface area (Å²) in [7, 11) is 0. The SMILES string of the molecule is CCOc1c(CO)ccc(Br)c1F. The summed E-state index contributed by atoms with van der Waals surface area (Å²) in [5.41, 5.74) is 0.461. The van der Waals surface area contributed by atoms with E-state index in [4.69, 9.17) is 9.84 Å². The Bertz CT molecular complexity index is 302. The summed E-state index contributed by atoms with van der Waals surface area (Å²) in [5.74, 6) is -0.340. The minimum absolute atomic E-state index is 0.124. The van der Waals surface area contributed by atoms with Crippen LogP contribution >= 0.6 is 15.9 Å². The molecule has 0 saturated heterocycles. The second kappa shape index (κ2) is 4.58. The van der Waals surface area contributed by atoms with Crippen molar-refractivity contribution >= 4 is 15.9 Å². The summed E-state index contributed by atoms with van der Waals surface area (Å²) in [6.45, 7) is 1.92. The zero-order chi connectivity index (χ0) is 9.84. The molecule has 13 heavy (non-hydrogen) atoms. The van der Waals surface area contributed by atoms with Crippen molar-refractivity contribution in [1.82, 2.24) is 0 Å². The average Bonchev–Trinajstić information content (AvgIpc) is 2.14. The van der Waals surface area contributed by atoms with Crippen LogP contribution in [0.15, 0.2) is 16.6 Å². The summed E-state index contributed by atoms with van der Waals surface area (Å²) in [6.07, 6.45) is 0. The lowest BCUT2D eigenvalue weighted by Crippen LogP contribution is -2.00. The first kappa shape index (κ1) is 10.5. The second-order valence-electron chi connectivity index (χ2n) is 2.44. The van der Waals surface area contributed by atoms with Gasteiger partial charge in [-0.3, -0.25) is 0 Å². The van der Waals surface area contributed by atoms with Crippen molar-refractivity contribution in [2.45, 2.75) is 13.5 Å². The fraction of sp³-hybridized carbons (Fsp3) is 0.333. The number of hydrogen-bond donors (Lipinski definition) is 1. The predicted octanol–water partition coefficient (Wildman–Crippen LogP) is 2.48. The van der Waals surface area contributed by atoms with Gasteiger partial charge in [-0.2, -0.15) is 0 Å². The molecular formula is C9H10BrFO2. The molecule has 1 aromatic carbocycles. The second-order valence-corrected chi connectivity index (χ2v) is 3.30. The van der Waals surface area contributed by atoms with Crippen LogP contribution in [0.5, 0.6) is 5.75 Å². The lowest BCUT2D eigenvalue weighted by atomic mass is 10.2. The molecule has 0 aromatic heterocycles. The lowest BCUT2D eigenvalue weighted by molar-refractivity contribution is 0.261. The van der Waals surface area contributed by atoms with Crippen LogP contribution in [0.25, 0.3) is 0 Å². The fourth-order valence-corrected chi connectivity index (χ4v) is 1.31. The largest absolute Gasteiger partial charge is 0.490 e. The summed E-state index contributed by atoms with van der Waals surface area (Å²) < 4.78 is 18.8. The highest BCUT2D eigenvalue weighted by atomic mass is 79.9. The van der Waals surface area contributed by atoms with Crippen molar-refractivity contribution in [3.8, 4) is 5.75 Å². The summed E-state index contributed by atoms with van der Waals surface area (Å²) in [6, 6.07) is 3.17. The van der Waals surface area contributed by atoms with Gasteiger partial charge < -0.3 is 9.84 Å². The quantitative estimate of drug-likeness (QED) is 0.891. The molecule has 1 N–H and O–H groups in total. The molecule has 0 amide bonds. The van der Waals surface area contributed by atoms with Gasteiger partial charge in [0.05, 0.1) is 17.7 Å². The number of aliphatic hydroxyl groups excluding tert-OH is 1. The third-order valence-corrected chi connectivity index (χ3v) is 2.20. The van der Waals surface area contributed by atoms with E-state index in [1.165, 1.54) is 0 Å². The standard InChI is InChI=1S/C9H10BrFO2/c1-2-13-9-6(5-12)3-4-7(10)8(9)11/h3-4,12H,2,5H2,1H3. The maximum absolute atomic E-state index is 13.4. The molecule has 0 aliphatic rings. The Hall–Kier alpha value is -0.610. The molecule has 0 aliphatic carbocycles. The van der Waals surface area contributed by atoms with Gasteiger partial charge in [0.25, 0.3) is 0 Å². The van der Waals surface area contributed by atoms with Crippen LogP contribution in [0.4, 0.5) is 4.39 Å². The van der Waals surface area contributed by atoms with Crippen molar-refractivity contribution < 1.29 is 14.2 Å². The van der Waals surface area contributed by atoms with Crippen molar-refractivity contribution in [3.05, 3.63) is 28.0 Å². The van der Waals surface area contributed by atoms with Gasteiger partial charge in [0.2, 0.25) is 0 Å². The molecule has 0 atom stereocenters. The Balaban J connectivity index is 3.15. The smallest absolute Gasteiger partial charge is 0.179 e. The predicted molar refractivity (Wildman–Crippen MR) is 51.2 cm³/mol. The maximum atomic E-state index is 13.4. The molecule has 72 valence electrons. The molecule has 0 spiro atoms. The molecule has 0 bridgehead atoms. The van der Waals surface area contributed by atoms with E-state index in [1.807, 2.05) is 0 Å². The van der Waals surface area contributed by atoms with E-state index in [0.29, 0.717) is 16.6 Å². The topological polar surface area (TPSA) is 29.5 Å². The molecule has 0 saturated carbocycles. The van der Waals surface area contributed by atoms with E-state index >= 15 is 0 Å². The van der Waals surface area contributed by atoms with Gasteiger partial charge in [-0.15, -0.1) is 0 Å². The number of halogens is 2. The van der Waals surface area contributed by atoms with Crippen LogP contribution in [-0.2, 0) is 6.61 Å². The molecule has 1 rings (SSSR count). The molecular weight excluding hydrogens is 239 g/mol. The normalized spacial score (nSPS) is 10.2. The fourth-order valence-electron chi connectivity index (χ4n) is 0.997. The van der Waals surface area contributed by atoms with Crippen LogP contribution in [-0.4, -0.2) is 11.7 Å². The van der Waals surface area contributed by atoms with Crippen molar-refractivity contribution in [2.75, 3.05) is 6.61 Å². The third kappa shape index (κ3) is 2.19. The van der Waals surface area contributed by atoms with Crippen LogP contribution in [0.3, 0.4) is 0 Å². The van der Waals surface area contributed by atoms with Gasteiger partial charge in [0, 0.05) is 5.56 Å². The first-order chi connectivity index (χ1) is 6.20. The Kier molecular flexibility index (Phi) is 3.69. The minimum atomic E-state index is -0.464. The van der Waals surface area contributed by atoms with Crippen molar-refractivity contribution in [1.29, 1.82) is 0 Å². The molecule has 1 aromatic rings. The van der Waals surface area contributed by atoms with E-state index in [9.17, 15) is 4.39 Å². The Morgan fingerprint density at radius 1 is 1.54 bits per heavy atom. The van der Waals surface area contributed by atoms with Crippen LogP contribution < -0.4 is 4.74 Å². The van der Waals surface area contributed by atoms with Gasteiger partial charge in [-0.1, -0.05) is 6.07 Å². The Morgan fingerprint density at radius 2 is 2.23 bits per heavy atom. The number of hydrogen-bond acceptors (Lipinski definition) is 2. The number of benzene rings is 1. The zero-order valence-corrected chi connectivity index (χ0v) is 8.77. The number of rotatable bonds is 3. The number of ether oxygens (including phenoxy) is 1. The molecule has 0 unspecified atom stereocenters. The highest BCUT2D eigenvalue weighted by molar-refractivity contribution is 9.10. The van der Waals surface area contributed by atoms with Gasteiger partial charge >= 0.3 is 0 Å². The molecule has 2 nitrogen and oxygen atoms in total. The molecule has 0 heterocycles. The monoisotopic (exact) mass is 248 g/mol. The van der Waals surface area contributed by atoms with E-state index < -0.39 is 5.82 Å². The summed E-state index contributed by atoms with van der Waals surface area (Å²) in [5, 5.41) is 8.90. The molecule has 4 heteroatoms. The van der Waals surface area contributed by atoms with Gasteiger partial charge in [0.1, 0.15) is 0 Å². The molecule has 0 aliphatic heterocycles. The van der Waals surface area contributed by atoms with Gasteiger partial charge in [-0.05, 0) is 28.9 Å². The van der Waals surface area contributed by atoms with E-state index in [1.54, 1.807) is 19.1 Å². The van der Waals surface area contributed by atoms with E-state index in [2.05, 4.69) is 15.9 Å². The Morgan fingerprint density at radius 3 is 2.77 bits per heavy atom. The lowest BCUT2D eigenvalue weighted by Gasteiger charge is -2.09. The Labute approximate surface area is 84.5 Å². The molecule has 0 fully saturated rings. The van der Waals surface area contributed by atoms with E-state index in [-0.39, 0.29) is 12.4 Å². The van der Waals surface area contributed by atoms with Crippen LogP contribution in [0.2, 0.25) is 0 Å². The van der Waals surface area contributed by atoms with Crippen molar-refractivity contribution in [3.63, 3.8) is 0 Å². The zero-order valence-electron chi connectivity index (χ0n) is 7.18.